The van der Waals surface area contributed by atoms with Crippen LogP contribution in [-0.2, 0) is 0 Å². The van der Waals surface area contributed by atoms with Crippen LogP contribution >= 0.6 is 11.3 Å². The van der Waals surface area contributed by atoms with Crippen molar-refractivity contribution in [2.45, 2.75) is 31.6 Å². The molecule has 154 valence electrons. The molecule has 1 saturated carbocycles. The monoisotopic (exact) mass is 427 g/mol. The van der Waals surface area contributed by atoms with Gasteiger partial charge < -0.3 is 5.32 Å². The van der Waals surface area contributed by atoms with Crippen LogP contribution in [0.25, 0.3) is 16.2 Å². The summed E-state index contributed by atoms with van der Waals surface area (Å²) in [5, 5.41) is 4.21. The van der Waals surface area contributed by atoms with Crippen molar-refractivity contribution in [3.8, 4) is 5.95 Å². The number of nitrogens with zero attached hydrogens (tertiary/aromatic N) is 4. The zero-order chi connectivity index (χ0) is 20.6. The van der Waals surface area contributed by atoms with Gasteiger partial charge in [-0.05, 0) is 30.7 Å². The summed E-state index contributed by atoms with van der Waals surface area (Å²) < 4.78 is 56.1. The number of alkyl halides is 4. The van der Waals surface area contributed by atoms with Crippen molar-refractivity contribution < 1.29 is 22.4 Å². The molecule has 3 unspecified atom stereocenters. The first-order valence-corrected chi connectivity index (χ1v) is 9.95. The SMILES string of the molecule is O=C(NCC1C(F)CCCC1C(F)(F)F)c1nc(-n2ccnc2)nc2ccsc12. The predicted molar refractivity (Wildman–Crippen MR) is 98.7 cm³/mol. The molecule has 1 fully saturated rings. The van der Waals surface area contributed by atoms with Gasteiger partial charge in [-0.2, -0.15) is 13.2 Å². The molecule has 6 nitrogen and oxygen atoms in total. The highest BCUT2D eigenvalue weighted by Crippen LogP contribution is 2.42. The van der Waals surface area contributed by atoms with Crippen LogP contribution in [0.15, 0.2) is 30.2 Å². The van der Waals surface area contributed by atoms with Gasteiger partial charge in [-0.15, -0.1) is 11.3 Å². The van der Waals surface area contributed by atoms with Gasteiger partial charge in [-0.3, -0.25) is 9.36 Å². The van der Waals surface area contributed by atoms with Gasteiger partial charge in [0.1, 0.15) is 12.5 Å². The summed E-state index contributed by atoms with van der Waals surface area (Å²) in [6, 6.07) is 1.72. The Morgan fingerprint density at radius 3 is 2.86 bits per heavy atom. The summed E-state index contributed by atoms with van der Waals surface area (Å²) in [4.78, 5) is 25.3. The Hall–Kier alpha value is -2.56. The van der Waals surface area contributed by atoms with Crippen molar-refractivity contribution in [2.75, 3.05) is 6.54 Å². The smallest absolute Gasteiger partial charge is 0.350 e. The number of amides is 1. The summed E-state index contributed by atoms with van der Waals surface area (Å²) in [5.74, 6) is -3.51. The molecule has 0 bridgehead atoms. The van der Waals surface area contributed by atoms with Crippen LogP contribution in [-0.4, -0.2) is 44.3 Å². The van der Waals surface area contributed by atoms with Gasteiger partial charge in [0.05, 0.1) is 16.1 Å². The number of rotatable bonds is 4. The molecule has 3 aromatic rings. The Bertz CT molecular complexity index is 1000. The fourth-order valence-corrected chi connectivity index (χ4v) is 4.50. The standard InChI is InChI=1S/C18H17F4N5OS/c19-12-3-1-2-11(18(20,21)22)10(12)8-24-16(28)14-15-13(4-7-29-15)25-17(26-14)27-6-5-23-9-27/h4-7,9-12H,1-3,8H2,(H,24,28). The van der Waals surface area contributed by atoms with Crippen molar-refractivity contribution in [1.29, 1.82) is 0 Å². The fourth-order valence-electron chi connectivity index (χ4n) is 3.68. The van der Waals surface area contributed by atoms with Crippen LogP contribution < -0.4 is 5.32 Å². The lowest BCUT2D eigenvalue weighted by molar-refractivity contribution is -0.202. The maximum atomic E-state index is 14.2. The van der Waals surface area contributed by atoms with Gasteiger partial charge in [0.15, 0.2) is 5.69 Å². The molecule has 11 heteroatoms. The van der Waals surface area contributed by atoms with Gasteiger partial charge in [0, 0.05) is 24.9 Å². The van der Waals surface area contributed by atoms with Crippen molar-refractivity contribution in [2.24, 2.45) is 11.8 Å². The van der Waals surface area contributed by atoms with Crippen LogP contribution in [0.4, 0.5) is 17.6 Å². The summed E-state index contributed by atoms with van der Waals surface area (Å²) in [7, 11) is 0. The molecule has 3 aromatic heterocycles. The second kappa shape index (κ2) is 7.69. The molecule has 3 atom stereocenters. The maximum absolute atomic E-state index is 14.2. The molecule has 4 rings (SSSR count). The quantitative estimate of drug-likeness (QED) is 0.641. The molecule has 0 aliphatic heterocycles. The Labute approximate surface area is 167 Å². The number of thiophene rings is 1. The van der Waals surface area contributed by atoms with E-state index in [1.54, 1.807) is 17.6 Å². The van der Waals surface area contributed by atoms with E-state index < -0.39 is 36.6 Å². The first kappa shape index (κ1) is 19.7. The highest BCUT2D eigenvalue weighted by Gasteiger charge is 2.49. The largest absolute Gasteiger partial charge is 0.392 e. The van der Waals surface area contributed by atoms with E-state index in [2.05, 4.69) is 20.3 Å². The first-order chi connectivity index (χ1) is 13.8. The van der Waals surface area contributed by atoms with Crippen LogP contribution in [0.5, 0.6) is 0 Å². The molecule has 1 aliphatic rings. The van der Waals surface area contributed by atoms with E-state index in [1.165, 1.54) is 28.4 Å². The van der Waals surface area contributed by atoms with Gasteiger partial charge in [0.2, 0.25) is 5.95 Å². The topological polar surface area (TPSA) is 72.7 Å². The molecule has 3 heterocycles. The average molecular weight is 427 g/mol. The van der Waals surface area contributed by atoms with Crippen molar-refractivity contribution in [1.82, 2.24) is 24.8 Å². The summed E-state index contributed by atoms with van der Waals surface area (Å²) in [5.41, 5.74) is 0.580. The van der Waals surface area contributed by atoms with Crippen molar-refractivity contribution in [3.05, 3.63) is 35.9 Å². The number of hydrogen-bond donors (Lipinski definition) is 1. The van der Waals surface area contributed by atoms with Crippen LogP contribution in [0.3, 0.4) is 0 Å². The highest BCUT2D eigenvalue weighted by atomic mass is 32.1. The number of carbonyl (C=O) groups is 1. The zero-order valence-electron chi connectivity index (χ0n) is 15.1. The molecular weight excluding hydrogens is 410 g/mol. The molecule has 0 saturated heterocycles. The number of imidazole rings is 1. The van der Waals surface area contributed by atoms with E-state index in [4.69, 9.17) is 0 Å². The number of aromatic nitrogens is 4. The van der Waals surface area contributed by atoms with Crippen molar-refractivity contribution >= 4 is 27.5 Å². The average Bonchev–Trinajstić information content (AvgIpc) is 3.36. The Balaban J connectivity index is 1.58. The molecular formula is C18H17F4N5OS. The lowest BCUT2D eigenvalue weighted by Gasteiger charge is -2.35. The Morgan fingerprint density at radius 2 is 2.14 bits per heavy atom. The van der Waals surface area contributed by atoms with E-state index in [0.717, 1.165) is 0 Å². The van der Waals surface area contributed by atoms with Gasteiger partial charge >= 0.3 is 6.18 Å². The molecule has 0 spiro atoms. The second-order valence-electron chi connectivity index (χ2n) is 6.95. The van der Waals surface area contributed by atoms with E-state index in [1.807, 2.05) is 0 Å². The van der Waals surface area contributed by atoms with E-state index in [0.29, 0.717) is 10.2 Å². The minimum atomic E-state index is -4.50. The summed E-state index contributed by atoms with van der Waals surface area (Å²) in [6.07, 6.45) is -1.36. The molecule has 1 aliphatic carbocycles. The third-order valence-electron chi connectivity index (χ3n) is 5.14. The number of hydrogen-bond acceptors (Lipinski definition) is 5. The molecule has 0 radical (unpaired) electrons. The van der Waals surface area contributed by atoms with Crippen LogP contribution in [0.1, 0.15) is 29.8 Å². The maximum Gasteiger partial charge on any atom is 0.392 e. The highest BCUT2D eigenvalue weighted by molar-refractivity contribution is 7.17. The Kier molecular flexibility index (Phi) is 5.24. The van der Waals surface area contributed by atoms with Gasteiger partial charge in [-0.1, -0.05) is 0 Å². The van der Waals surface area contributed by atoms with Gasteiger partial charge in [0.25, 0.3) is 5.91 Å². The number of fused-ring (bicyclic) bond motifs is 1. The predicted octanol–water partition coefficient (Wildman–Crippen LogP) is 3.92. The number of carbonyl (C=O) groups excluding carboxylic acids is 1. The second-order valence-corrected chi connectivity index (χ2v) is 7.86. The van der Waals surface area contributed by atoms with Crippen LogP contribution in [0, 0.1) is 11.8 Å². The third kappa shape index (κ3) is 3.96. The lowest BCUT2D eigenvalue weighted by Crippen LogP contribution is -2.45. The molecule has 29 heavy (non-hydrogen) atoms. The van der Waals surface area contributed by atoms with Gasteiger partial charge in [-0.25, -0.2) is 19.3 Å². The number of halogens is 4. The minimum absolute atomic E-state index is 0.0449. The summed E-state index contributed by atoms with van der Waals surface area (Å²) in [6.45, 7) is -0.401. The van der Waals surface area contributed by atoms with E-state index in [-0.39, 0.29) is 30.9 Å². The third-order valence-corrected chi connectivity index (χ3v) is 6.05. The van der Waals surface area contributed by atoms with Crippen LogP contribution in [0.2, 0.25) is 0 Å². The number of nitrogens with one attached hydrogen (secondary N) is 1. The summed E-state index contributed by atoms with van der Waals surface area (Å²) >= 11 is 1.25. The normalized spacial score (nSPS) is 22.7. The minimum Gasteiger partial charge on any atom is -0.350 e. The molecule has 0 aromatic carbocycles. The zero-order valence-corrected chi connectivity index (χ0v) is 15.9. The first-order valence-electron chi connectivity index (χ1n) is 9.07. The lowest BCUT2D eigenvalue weighted by atomic mass is 9.77. The molecule has 1 amide bonds. The van der Waals surface area contributed by atoms with E-state index in [9.17, 15) is 22.4 Å². The Morgan fingerprint density at radius 1 is 1.31 bits per heavy atom. The van der Waals surface area contributed by atoms with E-state index >= 15 is 0 Å². The molecule has 1 N–H and O–H groups in total. The van der Waals surface area contributed by atoms with Crippen molar-refractivity contribution in [3.63, 3.8) is 0 Å². The fraction of sp³-hybridized carbons (Fsp3) is 0.444.